The number of benzene rings is 1. The van der Waals surface area contributed by atoms with Gasteiger partial charge in [0.2, 0.25) is 5.91 Å². The smallest absolute Gasteiger partial charge is 0.241 e. The lowest BCUT2D eigenvalue weighted by Gasteiger charge is -2.38. The molecule has 1 N–H and O–H groups in total. The summed E-state index contributed by atoms with van der Waals surface area (Å²) < 4.78 is 0. The summed E-state index contributed by atoms with van der Waals surface area (Å²) in [7, 11) is 0. The molecule has 1 saturated heterocycles. The van der Waals surface area contributed by atoms with Gasteiger partial charge in [0.1, 0.15) is 0 Å². The lowest BCUT2D eigenvalue weighted by Crippen LogP contribution is -2.48. The number of anilines is 1. The first-order valence-electron chi connectivity index (χ1n) is 7.26. The molecule has 1 heterocycles. The van der Waals surface area contributed by atoms with Crippen molar-refractivity contribution in [2.75, 3.05) is 18.4 Å². The Hall–Kier alpha value is -1.06. The second kappa shape index (κ2) is 6.59. The Labute approximate surface area is 126 Å². The fourth-order valence-corrected chi connectivity index (χ4v) is 3.18. The van der Waals surface area contributed by atoms with E-state index in [1.807, 2.05) is 25.1 Å². The maximum atomic E-state index is 12.4. The number of nitrogens with one attached hydrogen (secondary N) is 1. The van der Waals surface area contributed by atoms with Crippen LogP contribution in [0.2, 0.25) is 5.02 Å². The lowest BCUT2D eigenvalue weighted by molar-refractivity contribution is -0.121. The SMILES string of the molecule is C[C@@H]1C[C@H](C)CN([C@@H](C)C(=O)Nc2ccccc2Cl)C1. The fraction of sp³-hybridized carbons (Fsp3) is 0.562. The summed E-state index contributed by atoms with van der Waals surface area (Å²) >= 11 is 6.08. The van der Waals surface area contributed by atoms with Crippen LogP contribution < -0.4 is 5.32 Å². The van der Waals surface area contributed by atoms with E-state index in [1.54, 1.807) is 6.07 Å². The molecule has 0 aromatic heterocycles. The number of hydrogen-bond donors (Lipinski definition) is 1. The quantitative estimate of drug-likeness (QED) is 0.923. The van der Waals surface area contributed by atoms with Crippen LogP contribution in [0.1, 0.15) is 27.2 Å². The molecule has 0 unspecified atom stereocenters. The van der Waals surface area contributed by atoms with Gasteiger partial charge in [0, 0.05) is 13.1 Å². The van der Waals surface area contributed by atoms with Gasteiger partial charge in [-0.25, -0.2) is 0 Å². The van der Waals surface area contributed by atoms with Crippen molar-refractivity contribution in [2.45, 2.75) is 33.2 Å². The third kappa shape index (κ3) is 3.74. The topological polar surface area (TPSA) is 32.3 Å². The van der Waals surface area contributed by atoms with Gasteiger partial charge < -0.3 is 5.32 Å². The number of hydrogen-bond acceptors (Lipinski definition) is 2. The number of para-hydroxylation sites is 1. The van der Waals surface area contributed by atoms with Crippen LogP contribution in [0, 0.1) is 11.8 Å². The molecular weight excluding hydrogens is 272 g/mol. The average Bonchev–Trinajstić information content (AvgIpc) is 2.39. The number of carbonyl (C=O) groups excluding carboxylic acids is 1. The fourth-order valence-electron chi connectivity index (χ4n) is 2.99. The average molecular weight is 295 g/mol. The molecule has 3 atom stereocenters. The largest absolute Gasteiger partial charge is 0.323 e. The first-order valence-corrected chi connectivity index (χ1v) is 7.64. The molecular formula is C16H23ClN2O. The van der Waals surface area contributed by atoms with Crippen LogP contribution in [0.5, 0.6) is 0 Å². The Balaban J connectivity index is 2.00. The van der Waals surface area contributed by atoms with Crippen LogP contribution in [0.15, 0.2) is 24.3 Å². The maximum absolute atomic E-state index is 12.4. The molecule has 3 nitrogen and oxygen atoms in total. The van der Waals surface area contributed by atoms with Crippen molar-refractivity contribution in [2.24, 2.45) is 11.8 Å². The van der Waals surface area contributed by atoms with Gasteiger partial charge in [-0.05, 0) is 37.3 Å². The highest BCUT2D eigenvalue weighted by atomic mass is 35.5. The minimum atomic E-state index is -0.128. The van der Waals surface area contributed by atoms with Gasteiger partial charge in [-0.2, -0.15) is 0 Å². The molecule has 0 bridgehead atoms. The number of likely N-dealkylation sites (tertiary alicyclic amines) is 1. The van der Waals surface area contributed by atoms with Crippen LogP contribution in [-0.4, -0.2) is 29.9 Å². The first-order chi connectivity index (χ1) is 9.47. The molecule has 1 aromatic rings. The highest BCUT2D eigenvalue weighted by molar-refractivity contribution is 6.33. The van der Waals surface area contributed by atoms with Gasteiger partial charge in [0.05, 0.1) is 16.8 Å². The number of carbonyl (C=O) groups is 1. The minimum absolute atomic E-state index is 0.0133. The van der Waals surface area contributed by atoms with Gasteiger partial charge in [-0.3, -0.25) is 9.69 Å². The molecule has 0 spiro atoms. The zero-order valence-corrected chi connectivity index (χ0v) is 13.2. The van der Waals surface area contributed by atoms with Crippen molar-refractivity contribution in [1.82, 2.24) is 4.90 Å². The molecule has 1 fully saturated rings. The van der Waals surface area contributed by atoms with Crippen molar-refractivity contribution in [3.8, 4) is 0 Å². The molecule has 20 heavy (non-hydrogen) atoms. The number of rotatable bonds is 3. The summed E-state index contributed by atoms with van der Waals surface area (Å²) in [6.07, 6.45) is 1.25. The van der Waals surface area contributed by atoms with Gasteiger partial charge >= 0.3 is 0 Å². The third-order valence-electron chi connectivity index (χ3n) is 3.96. The summed E-state index contributed by atoms with van der Waals surface area (Å²) in [5.74, 6) is 1.31. The summed E-state index contributed by atoms with van der Waals surface area (Å²) in [6, 6.07) is 7.21. The van der Waals surface area contributed by atoms with E-state index in [9.17, 15) is 4.79 Å². The van der Waals surface area contributed by atoms with Crippen LogP contribution >= 0.6 is 11.6 Å². The van der Waals surface area contributed by atoms with E-state index in [0.717, 1.165) is 13.1 Å². The van der Waals surface area contributed by atoms with E-state index < -0.39 is 0 Å². The normalized spacial score (nSPS) is 25.2. The predicted molar refractivity (Wildman–Crippen MR) is 84.1 cm³/mol. The van der Waals surface area contributed by atoms with Gasteiger partial charge in [-0.15, -0.1) is 0 Å². The monoisotopic (exact) mass is 294 g/mol. The van der Waals surface area contributed by atoms with Crippen molar-refractivity contribution < 1.29 is 4.79 Å². The summed E-state index contributed by atoms with van der Waals surface area (Å²) in [6.45, 7) is 8.45. The number of nitrogens with zero attached hydrogens (tertiary/aromatic N) is 1. The summed E-state index contributed by atoms with van der Waals surface area (Å²) in [5.41, 5.74) is 0.684. The van der Waals surface area contributed by atoms with Gasteiger partial charge in [0.25, 0.3) is 0 Å². The zero-order chi connectivity index (χ0) is 14.7. The lowest BCUT2D eigenvalue weighted by atomic mass is 9.91. The predicted octanol–water partition coefficient (Wildman–Crippen LogP) is 3.64. The summed E-state index contributed by atoms with van der Waals surface area (Å²) in [5, 5.41) is 3.50. The van der Waals surface area contributed by atoms with Crippen molar-refractivity contribution in [1.29, 1.82) is 0 Å². The molecule has 0 radical (unpaired) electrons. The number of piperidine rings is 1. The van der Waals surface area contributed by atoms with Crippen LogP contribution in [0.3, 0.4) is 0 Å². The van der Waals surface area contributed by atoms with E-state index in [2.05, 4.69) is 24.1 Å². The zero-order valence-electron chi connectivity index (χ0n) is 12.4. The second-order valence-corrected chi connectivity index (χ2v) is 6.45. The second-order valence-electron chi connectivity index (χ2n) is 6.05. The molecule has 0 aliphatic carbocycles. The number of halogens is 1. The Morgan fingerprint density at radius 2 is 1.90 bits per heavy atom. The molecule has 1 aliphatic rings. The van der Waals surface area contributed by atoms with E-state index in [0.29, 0.717) is 22.5 Å². The third-order valence-corrected chi connectivity index (χ3v) is 4.29. The first kappa shape index (κ1) is 15.3. The molecule has 110 valence electrons. The molecule has 1 amide bonds. The van der Waals surface area contributed by atoms with Crippen LogP contribution in [0.25, 0.3) is 0 Å². The van der Waals surface area contributed by atoms with E-state index in [1.165, 1.54) is 6.42 Å². The molecule has 1 aliphatic heterocycles. The Kier molecular flexibility index (Phi) is 5.06. The number of amides is 1. The summed E-state index contributed by atoms with van der Waals surface area (Å²) in [4.78, 5) is 14.6. The molecule has 2 rings (SSSR count). The van der Waals surface area contributed by atoms with Gasteiger partial charge in [0.15, 0.2) is 0 Å². The van der Waals surface area contributed by atoms with Crippen LogP contribution in [-0.2, 0) is 4.79 Å². The Bertz CT molecular complexity index is 467. The van der Waals surface area contributed by atoms with E-state index >= 15 is 0 Å². The van der Waals surface area contributed by atoms with Crippen molar-refractivity contribution in [3.05, 3.63) is 29.3 Å². The van der Waals surface area contributed by atoms with E-state index in [4.69, 9.17) is 11.6 Å². The molecule has 1 aromatic carbocycles. The van der Waals surface area contributed by atoms with Crippen molar-refractivity contribution >= 4 is 23.2 Å². The maximum Gasteiger partial charge on any atom is 0.241 e. The minimum Gasteiger partial charge on any atom is -0.323 e. The molecule has 4 heteroatoms. The van der Waals surface area contributed by atoms with Crippen molar-refractivity contribution in [3.63, 3.8) is 0 Å². The van der Waals surface area contributed by atoms with Crippen LogP contribution in [0.4, 0.5) is 5.69 Å². The standard InChI is InChI=1S/C16H23ClN2O/c1-11-8-12(2)10-19(9-11)13(3)16(20)18-15-7-5-4-6-14(15)17/h4-7,11-13H,8-10H2,1-3H3,(H,18,20)/t11-,12+,13-/m0/s1. The highest BCUT2D eigenvalue weighted by Crippen LogP contribution is 2.24. The van der Waals surface area contributed by atoms with Gasteiger partial charge in [-0.1, -0.05) is 37.6 Å². The Morgan fingerprint density at radius 3 is 2.50 bits per heavy atom. The highest BCUT2D eigenvalue weighted by Gasteiger charge is 2.28. The van der Waals surface area contributed by atoms with E-state index in [-0.39, 0.29) is 11.9 Å². The molecule has 0 saturated carbocycles. The Morgan fingerprint density at radius 1 is 1.30 bits per heavy atom.